The van der Waals surface area contributed by atoms with E-state index in [0.717, 1.165) is 18.5 Å². The minimum Gasteiger partial charge on any atom is -0.381 e. The largest absolute Gasteiger partial charge is 0.381 e. The number of anilines is 1. The summed E-state index contributed by atoms with van der Waals surface area (Å²) in [6, 6.07) is 3.75. The highest BCUT2D eigenvalue weighted by Gasteiger charge is 2.09. The number of nitrogens with one attached hydrogen (secondary N) is 1. The van der Waals surface area contributed by atoms with Crippen molar-refractivity contribution in [2.24, 2.45) is 0 Å². The van der Waals surface area contributed by atoms with Gasteiger partial charge in [0.15, 0.2) is 14.9 Å². The fourth-order valence-electron chi connectivity index (χ4n) is 1.75. The van der Waals surface area contributed by atoms with Gasteiger partial charge in [-0.2, -0.15) is 0 Å². The Labute approximate surface area is 110 Å². The van der Waals surface area contributed by atoms with Crippen molar-refractivity contribution in [2.45, 2.75) is 50.6 Å². The summed E-state index contributed by atoms with van der Waals surface area (Å²) in [7, 11) is -3.21. The van der Waals surface area contributed by atoms with E-state index in [1.807, 2.05) is 0 Å². The first-order chi connectivity index (χ1) is 8.47. The maximum absolute atomic E-state index is 11.3. The Morgan fingerprint density at radius 3 is 2.50 bits per heavy atom. The molecule has 1 heterocycles. The molecule has 0 aliphatic carbocycles. The Morgan fingerprint density at radius 2 is 2.06 bits per heavy atom. The zero-order valence-corrected chi connectivity index (χ0v) is 12.1. The molecule has 0 aliphatic rings. The van der Waals surface area contributed by atoms with E-state index in [9.17, 15) is 8.42 Å². The molecule has 102 valence electrons. The van der Waals surface area contributed by atoms with Crippen LogP contribution in [0.25, 0.3) is 0 Å². The molecule has 1 N–H and O–H groups in total. The molecule has 1 rings (SSSR count). The van der Waals surface area contributed by atoms with Crippen LogP contribution in [0.3, 0.4) is 0 Å². The van der Waals surface area contributed by atoms with Crippen LogP contribution in [0.15, 0.2) is 23.4 Å². The molecule has 18 heavy (non-hydrogen) atoms. The highest BCUT2D eigenvalue weighted by molar-refractivity contribution is 7.90. The van der Waals surface area contributed by atoms with Gasteiger partial charge in [-0.1, -0.05) is 26.7 Å². The first kappa shape index (κ1) is 15.0. The quantitative estimate of drug-likeness (QED) is 0.827. The Hall–Kier alpha value is -1.10. The molecule has 0 saturated carbocycles. The lowest BCUT2D eigenvalue weighted by molar-refractivity contribution is 0.592. The summed E-state index contributed by atoms with van der Waals surface area (Å²) in [5.74, 6) is 0. The number of hydrogen-bond donors (Lipinski definition) is 1. The van der Waals surface area contributed by atoms with Crippen LogP contribution in [0.2, 0.25) is 0 Å². The van der Waals surface area contributed by atoms with Crippen molar-refractivity contribution < 1.29 is 8.42 Å². The van der Waals surface area contributed by atoms with E-state index in [1.54, 1.807) is 18.3 Å². The summed E-state index contributed by atoms with van der Waals surface area (Å²) < 4.78 is 22.6. The third-order valence-electron chi connectivity index (χ3n) is 2.89. The molecule has 0 saturated heterocycles. The van der Waals surface area contributed by atoms with Crippen molar-refractivity contribution in [3.8, 4) is 0 Å². The van der Waals surface area contributed by atoms with Gasteiger partial charge in [0, 0.05) is 12.3 Å². The molecule has 0 aliphatic heterocycles. The van der Waals surface area contributed by atoms with Crippen LogP contribution in [-0.2, 0) is 9.84 Å². The monoisotopic (exact) mass is 270 g/mol. The summed E-state index contributed by atoms with van der Waals surface area (Å²) in [6.07, 6.45) is 7.31. The Kier molecular flexibility index (Phi) is 5.59. The summed E-state index contributed by atoms with van der Waals surface area (Å²) in [5, 5.41) is 3.50. The average molecular weight is 270 g/mol. The van der Waals surface area contributed by atoms with Crippen molar-refractivity contribution in [1.82, 2.24) is 4.98 Å². The van der Waals surface area contributed by atoms with Crippen LogP contribution >= 0.6 is 0 Å². The molecule has 4 nitrogen and oxygen atoms in total. The van der Waals surface area contributed by atoms with Crippen LogP contribution < -0.4 is 5.32 Å². The van der Waals surface area contributed by atoms with Crippen molar-refractivity contribution in [1.29, 1.82) is 0 Å². The van der Waals surface area contributed by atoms with Crippen molar-refractivity contribution >= 4 is 15.5 Å². The SMILES string of the molecule is CCCCC(CC)Nc1ccc(S(C)(=O)=O)nc1. The standard InChI is InChI=1S/C13H22N2O2S/c1-4-6-7-11(5-2)15-12-8-9-13(14-10-12)18(3,16)17/h8-11,15H,4-7H2,1-3H3. The Morgan fingerprint density at radius 1 is 1.33 bits per heavy atom. The Balaban J connectivity index is 2.68. The minimum absolute atomic E-state index is 0.120. The number of rotatable bonds is 7. The summed E-state index contributed by atoms with van der Waals surface area (Å²) in [4.78, 5) is 3.97. The zero-order chi connectivity index (χ0) is 13.6. The van der Waals surface area contributed by atoms with Gasteiger partial charge in [0.2, 0.25) is 0 Å². The highest BCUT2D eigenvalue weighted by Crippen LogP contribution is 2.14. The average Bonchev–Trinajstić information content (AvgIpc) is 2.34. The van der Waals surface area contributed by atoms with Gasteiger partial charge in [0.25, 0.3) is 0 Å². The molecular weight excluding hydrogens is 248 g/mol. The number of unbranched alkanes of at least 4 members (excludes halogenated alkanes) is 1. The van der Waals surface area contributed by atoms with E-state index < -0.39 is 9.84 Å². The maximum atomic E-state index is 11.3. The molecule has 1 aromatic heterocycles. The van der Waals surface area contributed by atoms with E-state index in [-0.39, 0.29) is 5.03 Å². The zero-order valence-electron chi connectivity index (χ0n) is 11.3. The normalized spacial score (nSPS) is 13.3. The van der Waals surface area contributed by atoms with Crippen molar-refractivity contribution in [2.75, 3.05) is 11.6 Å². The van der Waals surface area contributed by atoms with Gasteiger partial charge in [0.1, 0.15) is 0 Å². The van der Waals surface area contributed by atoms with Gasteiger partial charge in [-0.05, 0) is 25.0 Å². The molecule has 5 heteroatoms. The predicted octanol–water partition coefficient (Wildman–Crippen LogP) is 2.87. The van der Waals surface area contributed by atoms with Crippen LogP contribution in [-0.4, -0.2) is 25.7 Å². The minimum atomic E-state index is -3.21. The molecule has 1 aromatic rings. The van der Waals surface area contributed by atoms with Crippen LogP contribution in [0.1, 0.15) is 39.5 Å². The van der Waals surface area contributed by atoms with E-state index in [2.05, 4.69) is 24.1 Å². The first-order valence-electron chi connectivity index (χ1n) is 6.40. The van der Waals surface area contributed by atoms with Gasteiger partial charge < -0.3 is 5.32 Å². The molecule has 0 aromatic carbocycles. The molecule has 0 fully saturated rings. The second-order valence-electron chi connectivity index (χ2n) is 4.55. The van der Waals surface area contributed by atoms with Gasteiger partial charge in [0.05, 0.1) is 11.9 Å². The third-order valence-corrected chi connectivity index (χ3v) is 3.89. The topological polar surface area (TPSA) is 59.1 Å². The highest BCUT2D eigenvalue weighted by atomic mass is 32.2. The molecule has 1 unspecified atom stereocenters. The number of hydrogen-bond acceptors (Lipinski definition) is 4. The summed E-state index contributed by atoms with van der Waals surface area (Å²) in [6.45, 7) is 4.32. The molecule has 0 bridgehead atoms. The fraction of sp³-hybridized carbons (Fsp3) is 0.615. The first-order valence-corrected chi connectivity index (χ1v) is 8.29. The molecule has 0 amide bonds. The molecule has 0 spiro atoms. The number of nitrogens with zero attached hydrogens (tertiary/aromatic N) is 1. The van der Waals surface area contributed by atoms with E-state index >= 15 is 0 Å². The smallest absolute Gasteiger partial charge is 0.192 e. The fourth-order valence-corrected chi connectivity index (χ4v) is 2.31. The maximum Gasteiger partial charge on any atom is 0.192 e. The van der Waals surface area contributed by atoms with Crippen LogP contribution in [0.4, 0.5) is 5.69 Å². The number of pyridine rings is 1. The van der Waals surface area contributed by atoms with E-state index in [1.165, 1.54) is 19.1 Å². The van der Waals surface area contributed by atoms with Gasteiger partial charge in [-0.3, -0.25) is 0 Å². The van der Waals surface area contributed by atoms with Crippen molar-refractivity contribution in [3.05, 3.63) is 18.3 Å². The number of sulfone groups is 1. The van der Waals surface area contributed by atoms with Gasteiger partial charge >= 0.3 is 0 Å². The molecular formula is C13H22N2O2S. The van der Waals surface area contributed by atoms with Gasteiger partial charge in [-0.25, -0.2) is 13.4 Å². The third kappa shape index (κ3) is 4.64. The molecule has 1 atom stereocenters. The second kappa shape index (κ2) is 6.73. The number of aromatic nitrogens is 1. The lowest BCUT2D eigenvalue weighted by atomic mass is 10.1. The summed E-state index contributed by atoms with van der Waals surface area (Å²) >= 11 is 0. The van der Waals surface area contributed by atoms with E-state index in [4.69, 9.17) is 0 Å². The predicted molar refractivity (Wildman–Crippen MR) is 74.6 cm³/mol. The lowest BCUT2D eigenvalue weighted by Crippen LogP contribution is -2.18. The van der Waals surface area contributed by atoms with E-state index in [0.29, 0.717) is 6.04 Å². The van der Waals surface area contributed by atoms with Crippen LogP contribution in [0.5, 0.6) is 0 Å². The molecule has 0 radical (unpaired) electrons. The Bertz CT molecular complexity index is 454. The second-order valence-corrected chi connectivity index (χ2v) is 6.51. The van der Waals surface area contributed by atoms with Gasteiger partial charge in [-0.15, -0.1) is 0 Å². The van der Waals surface area contributed by atoms with Crippen molar-refractivity contribution in [3.63, 3.8) is 0 Å². The van der Waals surface area contributed by atoms with Crippen LogP contribution in [0, 0.1) is 0 Å². The summed E-state index contributed by atoms with van der Waals surface area (Å²) in [5.41, 5.74) is 0.880. The lowest BCUT2D eigenvalue weighted by Gasteiger charge is -2.17.